The molecule has 0 aliphatic heterocycles. The molecule has 0 aromatic heterocycles. The summed E-state index contributed by atoms with van der Waals surface area (Å²) in [5.41, 5.74) is 0.799. The van der Waals surface area contributed by atoms with E-state index in [9.17, 15) is 9.18 Å². The van der Waals surface area contributed by atoms with Gasteiger partial charge in [0.1, 0.15) is 11.6 Å². The lowest BCUT2D eigenvalue weighted by atomic mass is 10.2. The second-order valence-corrected chi connectivity index (χ2v) is 4.57. The third-order valence-corrected chi connectivity index (χ3v) is 2.73. The summed E-state index contributed by atoms with van der Waals surface area (Å²) in [5.74, 6) is -0.165. The molecule has 0 aliphatic carbocycles. The van der Waals surface area contributed by atoms with Crippen LogP contribution in [0.1, 0.15) is 32.3 Å². The fourth-order valence-electron chi connectivity index (χ4n) is 1.68. The molecular weight excluding hydrogens is 259 g/mol. The molecule has 0 bridgehead atoms. The van der Waals surface area contributed by atoms with Gasteiger partial charge in [0.15, 0.2) is 6.61 Å². The van der Waals surface area contributed by atoms with E-state index in [1.807, 2.05) is 6.92 Å². The molecule has 112 valence electrons. The summed E-state index contributed by atoms with van der Waals surface area (Å²) in [6, 6.07) is 4.48. The molecule has 4 nitrogen and oxygen atoms in total. The molecule has 0 saturated heterocycles. The SMILES string of the molecule is CCCCNC(=O)COc1cc(F)cc(CNCC)c1. The smallest absolute Gasteiger partial charge is 0.257 e. The molecule has 1 amide bonds. The molecular formula is C15H23FN2O2. The first-order valence-corrected chi connectivity index (χ1v) is 7.05. The zero-order valence-corrected chi connectivity index (χ0v) is 12.2. The van der Waals surface area contributed by atoms with Gasteiger partial charge in [-0.1, -0.05) is 20.3 Å². The van der Waals surface area contributed by atoms with Gasteiger partial charge in [0.2, 0.25) is 0 Å². The highest BCUT2D eigenvalue weighted by Crippen LogP contribution is 2.16. The Labute approximate surface area is 119 Å². The molecule has 2 N–H and O–H groups in total. The van der Waals surface area contributed by atoms with Crippen molar-refractivity contribution in [2.45, 2.75) is 33.2 Å². The molecule has 1 aromatic rings. The van der Waals surface area contributed by atoms with Crippen molar-refractivity contribution in [1.29, 1.82) is 0 Å². The Kier molecular flexibility index (Phi) is 7.65. The van der Waals surface area contributed by atoms with Crippen LogP contribution in [0.2, 0.25) is 0 Å². The largest absolute Gasteiger partial charge is 0.484 e. The van der Waals surface area contributed by atoms with Crippen LogP contribution in [-0.4, -0.2) is 25.6 Å². The minimum atomic E-state index is -0.359. The molecule has 0 fully saturated rings. The van der Waals surface area contributed by atoms with Crippen LogP contribution < -0.4 is 15.4 Å². The van der Waals surface area contributed by atoms with Gasteiger partial charge in [-0.3, -0.25) is 4.79 Å². The Hall–Kier alpha value is -1.62. The molecule has 0 spiro atoms. The molecule has 0 atom stereocenters. The number of hydrogen-bond acceptors (Lipinski definition) is 3. The predicted molar refractivity (Wildman–Crippen MR) is 77.2 cm³/mol. The van der Waals surface area contributed by atoms with E-state index in [0.717, 1.165) is 24.9 Å². The van der Waals surface area contributed by atoms with Crippen LogP contribution in [0.4, 0.5) is 4.39 Å². The van der Waals surface area contributed by atoms with E-state index in [1.54, 1.807) is 6.07 Å². The van der Waals surface area contributed by atoms with E-state index >= 15 is 0 Å². The first-order chi connectivity index (χ1) is 9.65. The van der Waals surface area contributed by atoms with Crippen LogP contribution >= 0.6 is 0 Å². The highest BCUT2D eigenvalue weighted by Gasteiger charge is 2.05. The number of hydrogen-bond donors (Lipinski definition) is 2. The lowest BCUT2D eigenvalue weighted by Crippen LogP contribution is -2.29. The first-order valence-electron chi connectivity index (χ1n) is 7.05. The highest BCUT2D eigenvalue weighted by molar-refractivity contribution is 5.77. The number of benzene rings is 1. The lowest BCUT2D eigenvalue weighted by Gasteiger charge is -2.09. The maximum atomic E-state index is 13.4. The maximum Gasteiger partial charge on any atom is 0.257 e. The number of ether oxygens (including phenoxy) is 1. The summed E-state index contributed by atoms with van der Waals surface area (Å²) in [6.07, 6.45) is 1.97. The predicted octanol–water partition coefficient (Wildman–Crippen LogP) is 2.23. The van der Waals surface area contributed by atoms with Crippen molar-refractivity contribution in [2.24, 2.45) is 0 Å². The first kappa shape index (κ1) is 16.4. The second kappa shape index (κ2) is 9.31. The summed E-state index contributed by atoms with van der Waals surface area (Å²) in [4.78, 5) is 11.5. The minimum Gasteiger partial charge on any atom is -0.484 e. The van der Waals surface area contributed by atoms with Crippen LogP contribution in [0.5, 0.6) is 5.75 Å². The van der Waals surface area contributed by atoms with Gasteiger partial charge < -0.3 is 15.4 Å². The number of halogens is 1. The van der Waals surface area contributed by atoms with Gasteiger partial charge in [-0.2, -0.15) is 0 Å². The monoisotopic (exact) mass is 282 g/mol. The number of unbranched alkanes of at least 4 members (excludes halogenated alkanes) is 1. The second-order valence-electron chi connectivity index (χ2n) is 4.57. The van der Waals surface area contributed by atoms with Crippen LogP contribution in [0.25, 0.3) is 0 Å². The molecule has 0 heterocycles. The molecule has 1 aromatic carbocycles. The van der Waals surface area contributed by atoms with Gasteiger partial charge >= 0.3 is 0 Å². The molecule has 5 heteroatoms. The van der Waals surface area contributed by atoms with Crippen molar-refractivity contribution in [3.63, 3.8) is 0 Å². The molecule has 0 aliphatic rings. The van der Waals surface area contributed by atoms with E-state index in [-0.39, 0.29) is 18.3 Å². The normalized spacial score (nSPS) is 10.3. The van der Waals surface area contributed by atoms with Crippen molar-refractivity contribution in [2.75, 3.05) is 19.7 Å². The third kappa shape index (κ3) is 6.52. The standard InChI is InChI=1S/C15H23FN2O2/c1-3-5-6-18-15(19)11-20-14-8-12(10-17-4-2)7-13(16)9-14/h7-9,17H,3-6,10-11H2,1-2H3,(H,18,19). The zero-order valence-electron chi connectivity index (χ0n) is 12.2. The number of amides is 1. The lowest BCUT2D eigenvalue weighted by molar-refractivity contribution is -0.123. The van der Waals surface area contributed by atoms with Gasteiger partial charge in [0.05, 0.1) is 0 Å². The Morgan fingerprint density at radius 1 is 1.30 bits per heavy atom. The molecule has 1 rings (SSSR count). The van der Waals surface area contributed by atoms with E-state index in [0.29, 0.717) is 18.8 Å². The van der Waals surface area contributed by atoms with Crippen LogP contribution in [0, 0.1) is 5.82 Å². The number of nitrogens with one attached hydrogen (secondary N) is 2. The zero-order chi connectivity index (χ0) is 14.8. The van der Waals surface area contributed by atoms with Crippen LogP contribution in [0.3, 0.4) is 0 Å². The fourth-order valence-corrected chi connectivity index (χ4v) is 1.68. The van der Waals surface area contributed by atoms with Crippen molar-refractivity contribution in [1.82, 2.24) is 10.6 Å². The highest BCUT2D eigenvalue weighted by atomic mass is 19.1. The Bertz CT molecular complexity index is 424. The van der Waals surface area contributed by atoms with Crippen molar-refractivity contribution >= 4 is 5.91 Å². The van der Waals surface area contributed by atoms with Crippen LogP contribution in [0.15, 0.2) is 18.2 Å². The average Bonchev–Trinajstić information content (AvgIpc) is 2.43. The fraction of sp³-hybridized carbons (Fsp3) is 0.533. The Balaban J connectivity index is 2.46. The van der Waals surface area contributed by atoms with Gasteiger partial charge in [0.25, 0.3) is 5.91 Å². The van der Waals surface area contributed by atoms with Gasteiger partial charge in [-0.25, -0.2) is 4.39 Å². The van der Waals surface area contributed by atoms with Crippen molar-refractivity contribution in [3.8, 4) is 5.75 Å². The summed E-state index contributed by atoms with van der Waals surface area (Å²) in [5, 5.41) is 5.86. The third-order valence-electron chi connectivity index (χ3n) is 2.73. The summed E-state index contributed by atoms with van der Waals surface area (Å²) in [6.45, 7) is 5.99. The summed E-state index contributed by atoms with van der Waals surface area (Å²) >= 11 is 0. The summed E-state index contributed by atoms with van der Waals surface area (Å²) < 4.78 is 18.7. The van der Waals surface area contributed by atoms with Crippen molar-refractivity contribution in [3.05, 3.63) is 29.6 Å². The summed E-state index contributed by atoms with van der Waals surface area (Å²) in [7, 11) is 0. The quantitative estimate of drug-likeness (QED) is 0.683. The van der Waals surface area contributed by atoms with Crippen LogP contribution in [-0.2, 0) is 11.3 Å². The van der Waals surface area contributed by atoms with Gasteiger partial charge in [-0.15, -0.1) is 0 Å². The Morgan fingerprint density at radius 2 is 2.10 bits per heavy atom. The minimum absolute atomic E-state index is 0.0895. The molecule has 0 saturated carbocycles. The van der Waals surface area contributed by atoms with E-state index in [4.69, 9.17) is 4.74 Å². The van der Waals surface area contributed by atoms with E-state index in [1.165, 1.54) is 12.1 Å². The van der Waals surface area contributed by atoms with E-state index in [2.05, 4.69) is 17.6 Å². The van der Waals surface area contributed by atoms with Gasteiger partial charge in [0, 0.05) is 19.2 Å². The topological polar surface area (TPSA) is 50.4 Å². The van der Waals surface area contributed by atoms with Crippen molar-refractivity contribution < 1.29 is 13.9 Å². The molecule has 0 radical (unpaired) electrons. The van der Waals surface area contributed by atoms with Gasteiger partial charge in [-0.05, 0) is 30.7 Å². The number of carbonyl (C=O) groups excluding carboxylic acids is 1. The number of carbonyl (C=O) groups is 1. The molecule has 20 heavy (non-hydrogen) atoms. The Morgan fingerprint density at radius 3 is 2.80 bits per heavy atom. The van der Waals surface area contributed by atoms with E-state index < -0.39 is 0 Å². The molecule has 0 unspecified atom stereocenters. The maximum absolute atomic E-state index is 13.4. The number of rotatable bonds is 9. The average molecular weight is 282 g/mol.